The Labute approximate surface area is 244 Å². The number of nitrogens with two attached hydrogens (primary N) is 2. The molecule has 0 fully saturated rings. The highest BCUT2D eigenvalue weighted by molar-refractivity contribution is 5.96. The van der Waals surface area contributed by atoms with Gasteiger partial charge in [-0.2, -0.15) is 4.98 Å². The lowest BCUT2D eigenvalue weighted by molar-refractivity contribution is 0.243. The molecular formula is C29H36N10O3. The van der Waals surface area contributed by atoms with Gasteiger partial charge in [0.05, 0.1) is 33.0 Å². The molecule has 3 heterocycles. The summed E-state index contributed by atoms with van der Waals surface area (Å²) in [6, 6.07) is 12.5. The highest BCUT2D eigenvalue weighted by atomic mass is 16.5. The van der Waals surface area contributed by atoms with Crippen LogP contribution in [0.3, 0.4) is 0 Å². The van der Waals surface area contributed by atoms with Crippen molar-refractivity contribution in [1.82, 2.24) is 30.3 Å². The number of carbonyl (C=O) groups is 1. The highest BCUT2D eigenvalue weighted by Crippen LogP contribution is 2.35. The number of nitrogens with zero attached hydrogens (tertiary/aromatic N) is 5. The maximum absolute atomic E-state index is 12.8. The number of benzene rings is 1. The van der Waals surface area contributed by atoms with Gasteiger partial charge < -0.3 is 30.8 Å². The minimum absolute atomic E-state index is 0.238. The molecule has 0 aliphatic rings. The zero-order valence-corrected chi connectivity index (χ0v) is 24.3. The lowest BCUT2D eigenvalue weighted by atomic mass is 10.0. The van der Waals surface area contributed by atoms with E-state index in [1.54, 1.807) is 38.9 Å². The minimum Gasteiger partial charge on any atom is -0.497 e. The number of anilines is 2. The molecular weight excluding hydrogens is 536 g/mol. The van der Waals surface area contributed by atoms with E-state index in [0.717, 1.165) is 11.3 Å². The maximum atomic E-state index is 12.8. The molecule has 0 unspecified atom stereocenters. The average Bonchev–Trinajstić information content (AvgIpc) is 2.94. The number of fused-ring (bicyclic) bond motifs is 1. The third kappa shape index (κ3) is 8.17. The van der Waals surface area contributed by atoms with Crippen LogP contribution in [0.5, 0.6) is 11.5 Å². The number of pyridine rings is 2. The van der Waals surface area contributed by atoms with Crippen LogP contribution in [0.15, 0.2) is 66.8 Å². The molecule has 7 N–H and O–H groups in total. The molecule has 1 aromatic carbocycles. The Morgan fingerprint density at radius 1 is 1.05 bits per heavy atom. The first-order chi connectivity index (χ1) is 20.0. The van der Waals surface area contributed by atoms with Crippen molar-refractivity contribution >= 4 is 28.8 Å². The molecule has 0 atom stereocenters. The molecule has 0 aliphatic carbocycles. The normalized spacial score (nSPS) is 11.6. The molecule has 0 saturated heterocycles. The van der Waals surface area contributed by atoms with E-state index in [2.05, 4.69) is 35.9 Å². The summed E-state index contributed by atoms with van der Waals surface area (Å²) in [5, 5.41) is 11.0. The Balaban J connectivity index is 1.61. The van der Waals surface area contributed by atoms with Crippen molar-refractivity contribution in [2.45, 2.75) is 32.9 Å². The van der Waals surface area contributed by atoms with E-state index in [0.29, 0.717) is 52.1 Å². The van der Waals surface area contributed by atoms with Crippen molar-refractivity contribution < 1.29 is 14.3 Å². The number of aromatic nitrogens is 4. The van der Waals surface area contributed by atoms with Crippen molar-refractivity contribution in [3.63, 3.8) is 0 Å². The Morgan fingerprint density at radius 2 is 1.79 bits per heavy atom. The monoisotopic (exact) mass is 572 g/mol. The van der Waals surface area contributed by atoms with E-state index in [1.807, 2.05) is 57.2 Å². The predicted octanol–water partition coefficient (Wildman–Crippen LogP) is 3.61. The maximum Gasteiger partial charge on any atom is 0.320 e. The number of urea groups is 1. The summed E-state index contributed by atoms with van der Waals surface area (Å²) in [6.07, 6.45) is 4.97. The smallest absolute Gasteiger partial charge is 0.320 e. The summed E-state index contributed by atoms with van der Waals surface area (Å²) in [7, 11) is 3.14. The first-order valence-electron chi connectivity index (χ1n) is 13.1. The van der Waals surface area contributed by atoms with Crippen LogP contribution in [0.25, 0.3) is 22.2 Å². The van der Waals surface area contributed by atoms with Gasteiger partial charge >= 0.3 is 6.03 Å². The van der Waals surface area contributed by atoms with Gasteiger partial charge in [-0.1, -0.05) is 6.07 Å². The van der Waals surface area contributed by atoms with Gasteiger partial charge in [0, 0.05) is 46.8 Å². The Bertz CT molecular complexity index is 1550. The van der Waals surface area contributed by atoms with Crippen LogP contribution in [-0.4, -0.2) is 57.3 Å². The van der Waals surface area contributed by atoms with E-state index in [4.69, 9.17) is 21.1 Å². The van der Waals surface area contributed by atoms with E-state index < -0.39 is 11.6 Å². The molecule has 2 amide bonds. The zero-order chi connectivity index (χ0) is 30.3. The number of nitrogens with one attached hydrogen (secondary N) is 3. The van der Waals surface area contributed by atoms with Gasteiger partial charge in [-0.25, -0.2) is 20.6 Å². The van der Waals surface area contributed by atoms with Gasteiger partial charge in [-0.05, 0) is 56.7 Å². The van der Waals surface area contributed by atoms with Crippen molar-refractivity contribution in [3.05, 3.63) is 72.4 Å². The molecule has 220 valence electrons. The molecule has 4 rings (SSSR count). The fraction of sp³-hybridized carbons (Fsp3) is 0.276. The molecule has 0 spiro atoms. The van der Waals surface area contributed by atoms with Crippen LogP contribution in [-0.2, 0) is 6.54 Å². The molecule has 4 aromatic rings. The van der Waals surface area contributed by atoms with Gasteiger partial charge in [-0.3, -0.25) is 10.3 Å². The van der Waals surface area contributed by atoms with Crippen molar-refractivity contribution in [2.75, 3.05) is 31.4 Å². The number of methoxy groups -OCH3 is 2. The van der Waals surface area contributed by atoms with E-state index >= 15 is 0 Å². The largest absolute Gasteiger partial charge is 0.497 e. The van der Waals surface area contributed by atoms with Crippen LogP contribution in [0.2, 0.25) is 0 Å². The number of hydrogen-bond donors (Lipinski definition) is 5. The molecule has 0 saturated carbocycles. The predicted molar refractivity (Wildman–Crippen MR) is 163 cm³/mol. The highest BCUT2D eigenvalue weighted by Gasteiger charge is 2.18. The first-order valence-corrected chi connectivity index (χ1v) is 13.1. The van der Waals surface area contributed by atoms with E-state index in [-0.39, 0.29) is 6.54 Å². The Morgan fingerprint density at radius 3 is 2.43 bits per heavy atom. The summed E-state index contributed by atoms with van der Waals surface area (Å²) in [5.74, 6) is 7.84. The molecule has 13 heteroatoms. The first kappa shape index (κ1) is 29.8. The fourth-order valence-corrected chi connectivity index (χ4v) is 3.97. The van der Waals surface area contributed by atoms with Crippen LogP contribution in [0.1, 0.15) is 26.5 Å². The molecule has 3 aromatic heterocycles. The van der Waals surface area contributed by atoms with Gasteiger partial charge in [-0.15, -0.1) is 0 Å². The number of carbonyl (C=O) groups excluding carboxylic acids is 1. The van der Waals surface area contributed by atoms with Gasteiger partial charge in [0.25, 0.3) is 0 Å². The number of rotatable bonds is 10. The van der Waals surface area contributed by atoms with Crippen molar-refractivity contribution in [2.24, 2.45) is 11.6 Å². The van der Waals surface area contributed by atoms with Crippen molar-refractivity contribution in [3.8, 4) is 22.6 Å². The number of hydrogen-bond acceptors (Lipinski definition) is 11. The molecule has 42 heavy (non-hydrogen) atoms. The lowest BCUT2D eigenvalue weighted by Crippen LogP contribution is -2.43. The summed E-state index contributed by atoms with van der Waals surface area (Å²) in [4.78, 5) is 30.8. The van der Waals surface area contributed by atoms with Gasteiger partial charge in [0.1, 0.15) is 17.3 Å². The Kier molecular flexibility index (Phi) is 9.22. The zero-order valence-electron chi connectivity index (χ0n) is 24.3. The van der Waals surface area contributed by atoms with Crippen LogP contribution >= 0.6 is 0 Å². The number of ether oxygens (including phenoxy) is 2. The lowest BCUT2D eigenvalue weighted by Gasteiger charge is -2.21. The standard InChI is InChI=1S/C29H36N10O3/c1-29(2,3)38-28(40)37-26-24(18-10-22(41-4)13-23(11-18)42-5)12-19-14-33-27(36-25(19)35-26)34-15-20(30)16-39(31)17-21-8-6-7-9-32-21/h6-14,16H,15,17,30-31H2,1-5H3,(H3,33,34,35,36,37,38,40)/b20-16-. The minimum atomic E-state index is -0.455. The van der Waals surface area contributed by atoms with E-state index in [9.17, 15) is 4.79 Å². The second-order valence-electron chi connectivity index (χ2n) is 10.5. The molecule has 0 radical (unpaired) electrons. The number of hydrazine groups is 1. The summed E-state index contributed by atoms with van der Waals surface area (Å²) in [5.41, 5.74) is 8.72. The van der Waals surface area contributed by atoms with Gasteiger partial charge in [0.2, 0.25) is 5.95 Å². The second kappa shape index (κ2) is 13.0. The van der Waals surface area contributed by atoms with Crippen LogP contribution in [0.4, 0.5) is 16.6 Å². The van der Waals surface area contributed by atoms with Crippen LogP contribution in [0, 0.1) is 0 Å². The van der Waals surface area contributed by atoms with Crippen molar-refractivity contribution in [1.29, 1.82) is 0 Å². The molecule has 13 nitrogen and oxygen atoms in total. The fourth-order valence-electron chi connectivity index (χ4n) is 3.97. The summed E-state index contributed by atoms with van der Waals surface area (Å²) < 4.78 is 10.9. The van der Waals surface area contributed by atoms with Crippen LogP contribution < -0.4 is 37.0 Å². The second-order valence-corrected chi connectivity index (χ2v) is 10.5. The third-order valence-electron chi connectivity index (χ3n) is 5.80. The van der Waals surface area contributed by atoms with Gasteiger partial charge in [0.15, 0.2) is 5.65 Å². The SMILES string of the molecule is COc1cc(OC)cc(-c2cc3cnc(NC/C(N)=C/N(N)Cc4ccccn4)nc3nc2NC(=O)NC(C)(C)C)c1. The topological polar surface area (TPSA) is 178 Å². The number of amides is 2. The Hall–Kier alpha value is -5.17. The summed E-state index contributed by atoms with van der Waals surface area (Å²) >= 11 is 0. The molecule has 0 bridgehead atoms. The van der Waals surface area contributed by atoms with E-state index in [1.165, 1.54) is 5.01 Å². The summed E-state index contributed by atoms with van der Waals surface area (Å²) in [6.45, 7) is 6.31. The quantitative estimate of drug-likeness (QED) is 0.138. The molecule has 0 aliphatic heterocycles. The third-order valence-corrected chi connectivity index (χ3v) is 5.80. The average molecular weight is 573 g/mol.